The van der Waals surface area contributed by atoms with Crippen molar-refractivity contribution in [2.24, 2.45) is 0 Å². The molecule has 1 aliphatic heterocycles. The van der Waals surface area contributed by atoms with Crippen LogP contribution in [0.2, 0.25) is 5.02 Å². The van der Waals surface area contributed by atoms with Crippen LogP contribution in [-0.4, -0.2) is 47.1 Å². The van der Waals surface area contributed by atoms with Gasteiger partial charge in [-0.05, 0) is 36.2 Å². The molecule has 26 heavy (non-hydrogen) atoms. The number of carbonyl (C=O) groups is 2. The highest BCUT2D eigenvalue weighted by atomic mass is 35.5. The van der Waals surface area contributed by atoms with Crippen molar-refractivity contribution in [1.82, 2.24) is 10.2 Å². The molecule has 1 aliphatic rings. The van der Waals surface area contributed by atoms with Gasteiger partial charge >= 0.3 is 0 Å². The van der Waals surface area contributed by atoms with Crippen molar-refractivity contribution in [3.05, 3.63) is 70.7 Å². The number of carbonyl (C=O) groups excluding carboxylic acids is 2. The Morgan fingerprint density at radius 1 is 1.12 bits per heavy atom. The number of likely N-dealkylation sites (tertiary alicyclic amines) is 1. The molecule has 3 rings (SSSR count). The summed E-state index contributed by atoms with van der Waals surface area (Å²) in [5.41, 5.74) is 1.46. The number of piperidine rings is 1. The number of aliphatic hydroxyl groups is 1. The summed E-state index contributed by atoms with van der Waals surface area (Å²) in [6.45, 7) is 0.705. The van der Waals surface area contributed by atoms with Crippen LogP contribution in [0.5, 0.6) is 0 Å². The maximum atomic E-state index is 12.5. The highest BCUT2D eigenvalue weighted by Crippen LogP contribution is 2.15. The van der Waals surface area contributed by atoms with Crippen molar-refractivity contribution in [2.45, 2.75) is 25.0 Å². The molecular weight excluding hydrogens is 352 g/mol. The molecule has 5 nitrogen and oxygen atoms in total. The zero-order valence-corrected chi connectivity index (χ0v) is 15.0. The SMILES string of the molecule is O=C(Cc1ccc(Cl)cc1)NC1CCN(C(=O)c2ccccc2)CC1O. The first kappa shape index (κ1) is 18.4. The Morgan fingerprint density at radius 3 is 2.46 bits per heavy atom. The van der Waals surface area contributed by atoms with Crippen molar-refractivity contribution in [3.8, 4) is 0 Å². The van der Waals surface area contributed by atoms with E-state index in [9.17, 15) is 14.7 Å². The summed E-state index contributed by atoms with van der Waals surface area (Å²) in [7, 11) is 0. The lowest BCUT2D eigenvalue weighted by Gasteiger charge is -2.36. The second kappa shape index (κ2) is 8.34. The lowest BCUT2D eigenvalue weighted by atomic mass is 10.00. The zero-order chi connectivity index (χ0) is 18.5. The smallest absolute Gasteiger partial charge is 0.253 e. The normalized spacial score (nSPS) is 19.8. The predicted molar refractivity (Wildman–Crippen MR) is 100 cm³/mol. The summed E-state index contributed by atoms with van der Waals surface area (Å²) in [6, 6.07) is 15.7. The highest BCUT2D eigenvalue weighted by Gasteiger charge is 2.31. The van der Waals surface area contributed by atoms with E-state index in [4.69, 9.17) is 11.6 Å². The first-order valence-corrected chi connectivity index (χ1v) is 8.97. The maximum absolute atomic E-state index is 12.5. The monoisotopic (exact) mass is 372 g/mol. The quantitative estimate of drug-likeness (QED) is 0.865. The van der Waals surface area contributed by atoms with Crippen molar-refractivity contribution in [2.75, 3.05) is 13.1 Å². The van der Waals surface area contributed by atoms with Gasteiger partial charge in [0.25, 0.3) is 5.91 Å². The molecule has 0 radical (unpaired) electrons. The number of benzene rings is 2. The summed E-state index contributed by atoms with van der Waals surface area (Å²) in [5.74, 6) is -0.255. The first-order chi connectivity index (χ1) is 12.5. The van der Waals surface area contributed by atoms with Gasteiger partial charge in [0.2, 0.25) is 5.91 Å². The van der Waals surface area contributed by atoms with Crippen LogP contribution in [0.15, 0.2) is 54.6 Å². The molecule has 2 atom stereocenters. The third kappa shape index (κ3) is 4.62. The molecule has 0 bridgehead atoms. The Labute approximate surface area is 157 Å². The topological polar surface area (TPSA) is 69.6 Å². The predicted octanol–water partition coefficient (Wildman–Crippen LogP) is 2.27. The van der Waals surface area contributed by atoms with Crippen LogP contribution < -0.4 is 5.32 Å². The van der Waals surface area contributed by atoms with Crippen molar-refractivity contribution < 1.29 is 14.7 Å². The van der Waals surface area contributed by atoms with Gasteiger partial charge in [-0.1, -0.05) is 41.9 Å². The molecule has 2 aromatic carbocycles. The third-order valence-corrected chi connectivity index (χ3v) is 4.77. The van der Waals surface area contributed by atoms with Crippen LogP contribution in [0.1, 0.15) is 22.3 Å². The zero-order valence-electron chi connectivity index (χ0n) is 14.3. The number of β-amino-alcohol motifs (C(OH)–C–C–N with tert-alkyl or cyclic N) is 1. The van der Waals surface area contributed by atoms with E-state index in [2.05, 4.69) is 5.32 Å². The second-order valence-corrected chi connectivity index (χ2v) is 6.89. The summed E-state index contributed by atoms with van der Waals surface area (Å²) >= 11 is 5.84. The molecule has 1 saturated heterocycles. The lowest BCUT2D eigenvalue weighted by molar-refractivity contribution is -0.122. The fourth-order valence-corrected chi connectivity index (χ4v) is 3.22. The molecule has 136 valence electrons. The van der Waals surface area contributed by atoms with Gasteiger partial charge in [0, 0.05) is 23.7 Å². The largest absolute Gasteiger partial charge is 0.389 e. The average molecular weight is 373 g/mol. The lowest BCUT2D eigenvalue weighted by Crippen LogP contribution is -2.55. The van der Waals surface area contributed by atoms with E-state index in [1.807, 2.05) is 18.2 Å². The van der Waals surface area contributed by atoms with E-state index in [-0.39, 0.29) is 30.8 Å². The number of hydrogen-bond donors (Lipinski definition) is 2. The third-order valence-electron chi connectivity index (χ3n) is 4.51. The van der Waals surface area contributed by atoms with Gasteiger partial charge < -0.3 is 15.3 Å². The minimum absolute atomic E-state index is 0.101. The minimum Gasteiger partial charge on any atom is -0.389 e. The fraction of sp³-hybridized carbons (Fsp3) is 0.300. The van der Waals surface area contributed by atoms with E-state index in [1.54, 1.807) is 41.3 Å². The Balaban J connectivity index is 1.53. The Morgan fingerprint density at radius 2 is 1.81 bits per heavy atom. The number of halogens is 1. The van der Waals surface area contributed by atoms with E-state index >= 15 is 0 Å². The highest BCUT2D eigenvalue weighted by molar-refractivity contribution is 6.30. The Hall–Kier alpha value is -2.37. The van der Waals surface area contributed by atoms with Gasteiger partial charge in [0.1, 0.15) is 0 Å². The number of rotatable bonds is 4. The first-order valence-electron chi connectivity index (χ1n) is 8.59. The van der Waals surface area contributed by atoms with E-state index in [0.717, 1.165) is 5.56 Å². The van der Waals surface area contributed by atoms with Crippen LogP contribution >= 0.6 is 11.6 Å². The molecule has 2 aromatic rings. The Kier molecular flexibility index (Phi) is 5.91. The number of amides is 2. The van der Waals surface area contributed by atoms with Gasteiger partial charge in [-0.2, -0.15) is 0 Å². The van der Waals surface area contributed by atoms with Crippen LogP contribution in [0.25, 0.3) is 0 Å². The molecule has 6 heteroatoms. The summed E-state index contributed by atoms with van der Waals surface area (Å²) in [6.07, 6.45) is -0.0373. The van der Waals surface area contributed by atoms with E-state index in [0.29, 0.717) is 23.6 Å². The van der Waals surface area contributed by atoms with Gasteiger partial charge in [0.15, 0.2) is 0 Å². The minimum atomic E-state index is -0.786. The molecule has 2 unspecified atom stereocenters. The van der Waals surface area contributed by atoms with Gasteiger partial charge in [-0.25, -0.2) is 0 Å². The molecule has 1 fully saturated rings. The van der Waals surface area contributed by atoms with Crippen LogP contribution in [0, 0.1) is 0 Å². The van der Waals surface area contributed by atoms with Gasteiger partial charge in [0.05, 0.1) is 18.6 Å². The summed E-state index contributed by atoms with van der Waals surface area (Å²) < 4.78 is 0. The molecule has 2 amide bonds. The number of nitrogens with zero attached hydrogens (tertiary/aromatic N) is 1. The van der Waals surface area contributed by atoms with Crippen molar-refractivity contribution in [1.29, 1.82) is 0 Å². The molecule has 0 spiro atoms. The molecule has 0 saturated carbocycles. The molecule has 0 aliphatic carbocycles. The number of nitrogens with one attached hydrogen (secondary N) is 1. The second-order valence-electron chi connectivity index (χ2n) is 6.45. The summed E-state index contributed by atoms with van der Waals surface area (Å²) in [4.78, 5) is 26.3. The van der Waals surface area contributed by atoms with Crippen LogP contribution in [0.4, 0.5) is 0 Å². The van der Waals surface area contributed by atoms with Crippen molar-refractivity contribution >= 4 is 23.4 Å². The van der Waals surface area contributed by atoms with Gasteiger partial charge in [-0.15, -0.1) is 0 Å². The van der Waals surface area contributed by atoms with E-state index in [1.165, 1.54) is 0 Å². The Bertz CT molecular complexity index is 764. The standard InChI is InChI=1S/C20H21ClN2O3/c21-16-8-6-14(7-9-16)12-19(25)22-17-10-11-23(13-18(17)24)20(26)15-4-2-1-3-5-15/h1-9,17-18,24H,10-13H2,(H,22,25). The number of aliphatic hydroxyl groups excluding tert-OH is 1. The summed E-state index contributed by atoms with van der Waals surface area (Å²) in [5, 5.41) is 13.9. The number of hydrogen-bond acceptors (Lipinski definition) is 3. The molecule has 2 N–H and O–H groups in total. The molecule has 1 heterocycles. The maximum Gasteiger partial charge on any atom is 0.253 e. The molecular formula is C20H21ClN2O3. The van der Waals surface area contributed by atoms with Crippen LogP contribution in [-0.2, 0) is 11.2 Å². The van der Waals surface area contributed by atoms with Gasteiger partial charge in [-0.3, -0.25) is 9.59 Å². The van der Waals surface area contributed by atoms with Crippen LogP contribution in [0.3, 0.4) is 0 Å². The van der Waals surface area contributed by atoms with E-state index < -0.39 is 6.10 Å². The average Bonchev–Trinajstić information content (AvgIpc) is 2.65. The van der Waals surface area contributed by atoms with Crippen molar-refractivity contribution in [3.63, 3.8) is 0 Å². The fourth-order valence-electron chi connectivity index (χ4n) is 3.09. The molecule has 0 aromatic heterocycles.